The third-order valence-corrected chi connectivity index (χ3v) is 6.75. The molecule has 6 nitrogen and oxygen atoms in total. The number of nitrogens with one attached hydrogen (secondary N) is 1. The van der Waals surface area contributed by atoms with Crippen molar-refractivity contribution in [2.45, 2.75) is 31.6 Å². The van der Waals surface area contributed by atoms with Crippen LogP contribution in [0.2, 0.25) is 0 Å². The van der Waals surface area contributed by atoms with Crippen molar-refractivity contribution in [2.24, 2.45) is 0 Å². The number of carbonyl (C=O) groups excluding carboxylic acids is 1. The molecule has 0 aliphatic heterocycles. The first-order valence-electron chi connectivity index (χ1n) is 9.30. The van der Waals surface area contributed by atoms with Crippen LogP contribution >= 0.6 is 23.1 Å². The summed E-state index contributed by atoms with van der Waals surface area (Å²) in [4.78, 5) is 31.5. The summed E-state index contributed by atoms with van der Waals surface area (Å²) in [5.74, 6) is -0.590. The zero-order valence-electron chi connectivity index (χ0n) is 17.0. The van der Waals surface area contributed by atoms with Crippen LogP contribution in [0.3, 0.4) is 0 Å². The molecule has 2 aromatic heterocycles. The van der Waals surface area contributed by atoms with Crippen LogP contribution in [0.15, 0.2) is 34.2 Å². The molecule has 0 radical (unpaired) electrons. The molecule has 3 aromatic rings. The number of nitrogens with zero attached hydrogens (tertiary/aromatic N) is 2. The van der Waals surface area contributed by atoms with Crippen LogP contribution < -0.4 is 15.6 Å². The number of fused-ring (bicyclic) bond motifs is 1. The second-order valence-electron chi connectivity index (χ2n) is 6.60. The predicted octanol–water partition coefficient (Wildman–Crippen LogP) is 4.10. The second-order valence-corrected chi connectivity index (χ2v) is 8.63. The molecular weight excluding hydrogens is 451 g/mol. The molecule has 0 bridgehead atoms. The van der Waals surface area contributed by atoms with Crippen LogP contribution in [0.25, 0.3) is 15.9 Å². The van der Waals surface area contributed by atoms with Gasteiger partial charge in [0.15, 0.2) is 5.16 Å². The smallest absolute Gasteiger partial charge is 0.405 e. The first kappa shape index (κ1) is 23.1. The standard InChI is InChI=1S/C20H20F3N3O3S2/c1-4-14-11(2)16-17(31-14)25-19(30-9-15(27)24-10-20(21,22)23)26(18(16)28)12-6-5-7-13(8-12)29-3/h5-8H,4,9-10H2,1-3H3,(H,24,27). The van der Waals surface area contributed by atoms with Crippen molar-refractivity contribution in [1.82, 2.24) is 14.9 Å². The zero-order chi connectivity index (χ0) is 22.8. The van der Waals surface area contributed by atoms with Crippen molar-refractivity contribution in [3.05, 3.63) is 45.1 Å². The average molecular weight is 472 g/mol. The summed E-state index contributed by atoms with van der Waals surface area (Å²) in [5, 5.41) is 2.54. The van der Waals surface area contributed by atoms with Gasteiger partial charge in [0, 0.05) is 10.9 Å². The third-order valence-electron chi connectivity index (χ3n) is 4.48. The van der Waals surface area contributed by atoms with Crippen molar-refractivity contribution in [3.63, 3.8) is 0 Å². The molecule has 11 heteroatoms. The van der Waals surface area contributed by atoms with Gasteiger partial charge in [0.05, 0.1) is 23.9 Å². The minimum Gasteiger partial charge on any atom is -0.497 e. The maximum absolute atomic E-state index is 13.4. The van der Waals surface area contributed by atoms with E-state index in [2.05, 4.69) is 4.98 Å². The summed E-state index contributed by atoms with van der Waals surface area (Å²) in [6.07, 6.45) is -3.75. The number of halogens is 3. The average Bonchev–Trinajstić information content (AvgIpc) is 3.06. The molecule has 1 aromatic carbocycles. The lowest BCUT2D eigenvalue weighted by atomic mass is 10.2. The number of carbonyl (C=O) groups is 1. The second kappa shape index (κ2) is 9.31. The Morgan fingerprint density at radius 3 is 2.74 bits per heavy atom. The Morgan fingerprint density at radius 1 is 1.35 bits per heavy atom. The van der Waals surface area contributed by atoms with E-state index in [1.165, 1.54) is 23.0 Å². The quantitative estimate of drug-likeness (QED) is 0.415. The van der Waals surface area contributed by atoms with Gasteiger partial charge in [-0.05, 0) is 31.0 Å². The number of thioether (sulfide) groups is 1. The molecule has 3 rings (SSSR count). The molecule has 0 unspecified atom stereocenters. The highest BCUT2D eigenvalue weighted by molar-refractivity contribution is 7.99. The summed E-state index contributed by atoms with van der Waals surface area (Å²) in [5.41, 5.74) is 1.04. The normalized spacial score (nSPS) is 11.7. The van der Waals surface area contributed by atoms with Gasteiger partial charge in [-0.3, -0.25) is 14.2 Å². The lowest BCUT2D eigenvalue weighted by Gasteiger charge is -2.13. The maximum Gasteiger partial charge on any atom is 0.405 e. The van der Waals surface area contributed by atoms with Gasteiger partial charge in [0.25, 0.3) is 5.56 Å². The topological polar surface area (TPSA) is 73.2 Å². The van der Waals surface area contributed by atoms with Crippen LogP contribution in [0.5, 0.6) is 5.75 Å². The van der Waals surface area contributed by atoms with E-state index in [1.807, 2.05) is 19.2 Å². The number of thiophene rings is 1. The highest BCUT2D eigenvalue weighted by atomic mass is 32.2. The Labute approximate surface area is 184 Å². The Hall–Kier alpha value is -2.53. The Morgan fingerprint density at radius 2 is 2.10 bits per heavy atom. The third kappa shape index (κ3) is 5.21. The number of rotatable bonds is 7. The number of ether oxygens (including phenoxy) is 1. The summed E-state index contributed by atoms with van der Waals surface area (Å²) < 4.78 is 43.6. The predicted molar refractivity (Wildman–Crippen MR) is 116 cm³/mol. The van der Waals surface area contributed by atoms with Gasteiger partial charge in [-0.15, -0.1) is 11.3 Å². The van der Waals surface area contributed by atoms with Crippen LogP contribution in [-0.4, -0.2) is 41.0 Å². The summed E-state index contributed by atoms with van der Waals surface area (Å²) in [7, 11) is 1.50. The van der Waals surface area contributed by atoms with Gasteiger partial charge < -0.3 is 10.1 Å². The van der Waals surface area contributed by atoms with Crippen molar-refractivity contribution >= 4 is 39.2 Å². The van der Waals surface area contributed by atoms with Crippen molar-refractivity contribution in [1.29, 1.82) is 0 Å². The number of aromatic nitrogens is 2. The number of hydrogen-bond acceptors (Lipinski definition) is 6. The molecule has 1 amide bonds. The van der Waals surface area contributed by atoms with Gasteiger partial charge in [0.2, 0.25) is 5.91 Å². The van der Waals surface area contributed by atoms with Gasteiger partial charge in [-0.1, -0.05) is 24.8 Å². The molecular formula is C20H20F3N3O3S2. The molecule has 0 spiro atoms. The summed E-state index contributed by atoms with van der Waals surface area (Å²) in [6, 6.07) is 6.80. The Kier molecular flexibility index (Phi) is 6.95. The first-order chi connectivity index (χ1) is 14.6. The zero-order valence-corrected chi connectivity index (χ0v) is 18.6. The number of methoxy groups -OCH3 is 1. The van der Waals surface area contributed by atoms with Crippen molar-refractivity contribution < 1.29 is 22.7 Å². The van der Waals surface area contributed by atoms with E-state index in [9.17, 15) is 22.8 Å². The molecule has 0 atom stereocenters. The molecule has 0 fully saturated rings. The van der Waals surface area contributed by atoms with Crippen LogP contribution in [-0.2, 0) is 11.2 Å². The van der Waals surface area contributed by atoms with Gasteiger partial charge in [-0.25, -0.2) is 4.98 Å². The van der Waals surface area contributed by atoms with Crippen molar-refractivity contribution in [2.75, 3.05) is 19.4 Å². The first-order valence-corrected chi connectivity index (χ1v) is 11.1. The molecule has 1 N–H and O–H groups in total. The lowest BCUT2D eigenvalue weighted by Crippen LogP contribution is -2.35. The molecule has 166 valence electrons. The fourth-order valence-corrected chi connectivity index (χ4v) is 5.00. The van der Waals surface area contributed by atoms with Crippen molar-refractivity contribution in [3.8, 4) is 11.4 Å². The van der Waals surface area contributed by atoms with E-state index in [0.717, 1.165) is 28.6 Å². The highest BCUT2D eigenvalue weighted by Gasteiger charge is 2.28. The monoisotopic (exact) mass is 471 g/mol. The molecule has 0 aliphatic rings. The SMILES string of the molecule is CCc1sc2nc(SCC(=O)NCC(F)(F)F)n(-c3cccc(OC)c3)c(=O)c2c1C. The molecule has 2 heterocycles. The van der Waals surface area contributed by atoms with Crippen LogP contribution in [0, 0.1) is 6.92 Å². The fourth-order valence-electron chi connectivity index (χ4n) is 3.00. The lowest BCUT2D eigenvalue weighted by molar-refractivity contribution is -0.136. The minimum atomic E-state index is -4.49. The Balaban J connectivity index is 2.06. The number of aryl methyl sites for hydroxylation is 2. The van der Waals surface area contributed by atoms with E-state index in [1.54, 1.807) is 24.3 Å². The number of alkyl halides is 3. The fraction of sp³-hybridized carbons (Fsp3) is 0.350. The largest absolute Gasteiger partial charge is 0.497 e. The van der Waals surface area contributed by atoms with E-state index in [0.29, 0.717) is 21.7 Å². The molecule has 0 saturated heterocycles. The Bertz CT molecular complexity index is 1170. The maximum atomic E-state index is 13.4. The highest BCUT2D eigenvalue weighted by Crippen LogP contribution is 2.31. The van der Waals surface area contributed by atoms with Gasteiger partial charge in [-0.2, -0.15) is 13.2 Å². The van der Waals surface area contributed by atoms with Gasteiger partial charge >= 0.3 is 6.18 Å². The summed E-state index contributed by atoms with van der Waals surface area (Å²) >= 11 is 2.30. The molecule has 0 saturated carbocycles. The van der Waals surface area contributed by atoms with Gasteiger partial charge in [0.1, 0.15) is 17.1 Å². The minimum absolute atomic E-state index is 0.219. The van der Waals surface area contributed by atoms with Crippen LogP contribution in [0.4, 0.5) is 13.2 Å². The number of amides is 1. The molecule has 31 heavy (non-hydrogen) atoms. The van der Waals surface area contributed by atoms with E-state index in [-0.39, 0.29) is 16.5 Å². The van der Waals surface area contributed by atoms with E-state index >= 15 is 0 Å². The number of hydrogen-bond donors (Lipinski definition) is 1. The van der Waals surface area contributed by atoms with E-state index < -0.39 is 18.6 Å². The van der Waals surface area contributed by atoms with E-state index in [4.69, 9.17) is 4.74 Å². The molecule has 0 aliphatic carbocycles. The van der Waals surface area contributed by atoms with Crippen LogP contribution in [0.1, 0.15) is 17.4 Å². The summed E-state index contributed by atoms with van der Waals surface area (Å²) in [6.45, 7) is 2.44. The number of benzene rings is 1.